The molecule has 0 unspecified atom stereocenters. The van der Waals surface area contributed by atoms with E-state index < -0.39 is 11.0 Å². The van der Waals surface area contributed by atoms with Crippen LogP contribution in [0.5, 0.6) is 0 Å². The van der Waals surface area contributed by atoms with Gasteiger partial charge in [-0.1, -0.05) is 11.8 Å². The van der Waals surface area contributed by atoms with E-state index in [9.17, 15) is 14.9 Å². The number of nitro groups is 1. The highest BCUT2D eigenvalue weighted by molar-refractivity contribution is 8.01. The van der Waals surface area contributed by atoms with E-state index >= 15 is 0 Å². The lowest BCUT2D eigenvalue weighted by Gasteiger charge is -2.34. The van der Waals surface area contributed by atoms with Crippen LogP contribution in [0.4, 0.5) is 0 Å². The van der Waals surface area contributed by atoms with Gasteiger partial charge in [0.05, 0.1) is 13.0 Å². The molecule has 0 radical (unpaired) electrons. The Labute approximate surface area is 139 Å². The van der Waals surface area contributed by atoms with E-state index in [2.05, 4.69) is 10.1 Å². The largest absolute Gasteiger partial charge is 0.481 e. The summed E-state index contributed by atoms with van der Waals surface area (Å²) in [6, 6.07) is 0. The van der Waals surface area contributed by atoms with E-state index in [4.69, 9.17) is 9.84 Å². The van der Waals surface area contributed by atoms with Gasteiger partial charge in [0.15, 0.2) is 5.03 Å². The maximum Gasteiger partial charge on any atom is 0.304 e. The summed E-state index contributed by atoms with van der Waals surface area (Å²) in [7, 11) is 1.66. The number of guanidine groups is 1. The van der Waals surface area contributed by atoms with Crippen LogP contribution in [0, 0.1) is 10.1 Å². The molecule has 2 rings (SSSR count). The third-order valence-electron chi connectivity index (χ3n) is 2.75. The van der Waals surface area contributed by atoms with Crippen LogP contribution >= 0.6 is 23.1 Å². The van der Waals surface area contributed by atoms with Crippen LogP contribution in [0.25, 0.3) is 0 Å². The molecular weight excluding hydrogens is 346 g/mol. The van der Waals surface area contributed by atoms with Gasteiger partial charge in [0, 0.05) is 23.9 Å². The number of carboxylic acids is 1. The third kappa shape index (κ3) is 5.33. The van der Waals surface area contributed by atoms with Crippen molar-refractivity contribution in [1.82, 2.24) is 14.8 Å². The topological polar surface area (TPSA) is 121 Å². The van der Waals surface area contributed by atoms with Crippen LogP contribution in [0.15, 0.2) is 15.6 Å². The number of hydrazone groups is 1. The average Bonchev–Trinajstić information content (AvgIpc) is 2.89. The summed E-state index contributed by atoms with van der Waals surface area (Å²) >= 11 is 2.79. The lowest BCUT2D eigenvalue weighted by Crippen LogP contribution is -2.49. The van der Waals surface area contributed by atoms with Crippen LogP contribution in [0.3, 0.4) is 0 Å². The second-order valence-electron chi connectivity index (χ2n) is 4.58. The van der Waals surface area contributed by atoms with Crippen molar-refractivity contribution in [2.24, 2.45) is 5.10 Å². The zero-order chi connectivity index (χ0) is 16.8. The fourth-order valence-corrected chi connectivity index (χ4v) is 3.86. The number of hydrogen-bond acceptors (Lipinski definition) is 7. The molecule has 10 nitrogen and oxygen atoms in total. The Kier molecular flexibility index (Phi) is 6.12. The van der Waals surface area contributed by atoms with E-state index in [0.717, 1.165) is 9.22 Å². The van der Waals surface area contributed by atoms with E-state index in [1.54, 1.807) is 23.0 Å². The first-order valence-electron chi connectivity index (χ1n) is 6.52. The molecule has 1 fully saturated rings. The number of carbonyl (C=O) groups is 1. The Morgan fingerprint density at radius 2 is 2.43 bits per heavy atom. The lowest BCUT2D eigenvalue weighted by molar-refractivity contribution is -0.486. The lowest BCUT2D eigenvalue weighted by atomic mass is 10.5. The predicted octanol–water partition coefficient (Wildman–Crippen LogP) is 0.937. The molecule has 2 heterocycles. The molecule has 0 saturated carbocycles. The standard InChI is InChI=1S/C11H15N5O5S2/c1-14-6-21-7-15(10(14)13-16(19)20)5-8-4-12-11(23-8)22-3-2-9(17)18/h4H,2-3,5-7H2,1H3,(H,17,18)/b13-10+. The molecule has 23 heavy (non-hydrogen) atoms. The first-order chi connectivity index (χ1) is 11.0. The highest BCUT2D eigenvalue weighted by Gasteiger charge is 2.25. The maximum absolute atomic E-state index is 10.7. The number of thiazole rings is 1. The molecule has 1 aromatic rings. The van der Waals surface area contributed by atoms with Crippen molar-refractivity contribution in [3.63, 3.8) is 0 Å². The zero-order valence-corrected chi connectivity index (χ0v) is 13.9. The van der Waals surface area contributed by atoms with Gasteiger partial charge in [-0.2, -0.15) is 0 Å². The van der Waals surface area contributed by atoms with Crippen molar-refractivity contribution < 1.29 is 19.7 Å². The quantitative estimate of drug-likeness (QED) is 0.429. The molecule has 12 heteroatoms. The second kappa shape index (κ2) is 8.08. The molecule has 1 aliphatic heterocycles. The normalized spacial score (nSPS) is 16.8. The molecule has 0 bridgehead atoms. The molecule has 0 atom stereocenters. The van der Waals surface area contributed by atoms with Crippen LogP contribution < -0.4 is 0 Å². The number of aliphatic carboxylic acids is 1. The van der Waals surface area contributed by atoms with E-state index in [1.807, 2.05) is 0 Å². The van der Waals surface area contributed by atoms with Gasteiger partial charge in [-0.05, 0) is 0 Å². The number of thioether (sulfide) groups is 1. The van der Waals surface area contributed by atoms with Crippen molar-refractivity contribution in [1.29, 1.82) is 0 Å². The third-order valence-corrected chi connectivity index (χ3v) is 4.89. The summed E-state index contributed by atoms with van der Waals surface area (Å²) in [4.78, 5) is 29.4. The molecule has 1 aromatic heterocycles. The SMILES string of the molecule is CN1COCN(Cc2cnc(SCCC(=O)O)s2)/C1=N/[N+](=O)[O-]. The van der Waals surface area contributed by atoms with Gasteiger partial charge in [-0.3, -0.25) is 4.79 Å². The van der Waals surface area contributed by atoms with E-state index in [-0.39, 0.29) is 25.8 Å². The molecule has 0 aromatic carbocycles. The molecule has 126 valence electrons. The van der Waals surface area contributed by atoms with Gasteiger partial charge in [0.25, 0.3) is 5.96 Å². The van der Waals surface area contributed by atoms with Gasteiger partial charge in [-0.15, -0.1) is 11.3 Å². The zero-order valence-electron chi connectivity index (χ0n) is 12.2. The Morgan fingerprint density at radius 3 is 3.13 bits per heavy atom. The van der Waals surface area contributed by atoms with Gasteiger partial charge < -0.3 is 19.6 Å². The molecule has 1 N–H and O–H groups in total. The molecule has 1 aliphatic rings. The molecule has 0 spiro atoms. The number of ether oxygens (including phenoxy) is 1. The van der Waals surface area contributed by atoms with Gasteiger partial charge in [-0.25, -0.2) is 15.1 Å². The molecule has 0 aliphatic carbocycles. The fourth-order valence-electron chi connectivity index (χ4n) is 1.82. The van der Waals surface area contributed by atoms with Crippen molar-refractivity contribution >= 4 is 35.0 Å². The van der Waals surface area contributed by atoms with Crippen LogP contribution in [-0.4, -0.2) is 63.1 Å². The van der Waals surface area contributed by atoms with Crippen molar-refractivity contribution in [3.8, 4) is 0 Å². The highest BCUT2D eigenvalue weighted by atomic mass is 32.2. The van der Waals surface area contributed by atoms with Crippen LogP contribution in [-0.2, 0) is 16.1 Å². The van der Waals surface area contributed by atoms with Crippen molar-refractivity contribution in [2.45, 2.75) is 17.3 Å². The number of nitrogens with zero attached hydrogens (tertiary/aromatic N) is 5. The monoisotopic (exact) mass is 361 g/mol. The van der Waals surface area contributed by atoms with Crippen molar-refractivity contribution in [2.75, 3.05) is 26.3 Å². The molecule has 0 amide bonds. The fraction of sp³-hybridized carbons (Fsp3) is 0.545. The number of hydrogen-bond donors (Lipinski definition) is 1. The maximum atomic E-state index is 10.7. The minimum atomic E-state index is -0.844. The summed E-state index contributed by atoms with van der Waals surface area (Å²) in [5.41, 5.74) is 0. The minimum absolute atomic E-state index is 0.0734. The second-order valence-corrected chi connectivity index (χ2v) is 7.04. The van der Waals surface area contributed by atoms with Crippen molar-refractivity contribution in [3.05, 3.63) is 21.2 Å². The summed E-state index contributed by atoms with van der Waals surface area (Å²) < 4.78 is 6.10. The summed E-state index contributed by atoms with van der Waals surface area (Å²) in [5, 5.41) is 21.9. The Bertz CT molecular complexity index is 607. The Morgan fingerprint density at radius 1 is 1.65 bits per heavy atom. The minimum Gasteiger partial charge on any atom is -0.481 e. The smallest absolute Gasteiger partial charge is 0.304 e. The summed E-state index contributed by atoms with van der Waals surface area (Å²) in [6.07, 6.45) is 1.75. The van der Waals surface area contributed by atoms with Crippen LogP contribution in [0.2, 0.25) is 0 Å². The number of aromatic nitrogens is 1. The molecular formula is C11H15N5O5S2. The number of carboxylic acid groups (broad SMARTS) is 1. The summed E-state index contributed by atoms with van der Waals surface area (Å²) in [5.74, 6) is -0.163. The Hall–Kier alpha value is -1.92. The first kappa shape index (κ1) is 17.4. The number of rotatable bonds is 7. The first-order valence-corrected chi connectivity index (χ1v) is 8.32. The molecule has 1 saturated heterocycles. The average molecular weight is 361 g/mol. The highest BCUT2D eigenvalue weighted by Crippen LogP contribution is 2.26. The van der Waals surface area contributed by atoms with Crippen LogP contribution in [0.1, 0.15) is 11.3 Å². The van der Waals surface area contributed by atoms with E-state index in [0.29, 0.717) is 12.3 Å². The van der Waals surface area contributed by atoms with E-state index in [1.165, 1.54) is 23.1 Å². The Balaban J connectivity index is 1.98. The predicted molar refractivity (Wildman–Crippen MR) is 83.6 cm³/mol. The van der Waals surface area contributed by atoms with Gasteiger partial charge in [0.2, 0.25) is 0 Å². The van der Waals surface area contributed by atoms with Gasteiger partial charge >= 0.3 is 5.97 Å². The summed E-state index contributed by atoms with van der Waals surface area (Å²) in [6.45, 7) is 0.826. The van der Waals surface area contributed by atoms with Gasteiger partial charge in [0.1, 0.15) is 22.9 Å².